The number of nitrogens with one attached hydrogen (secondary N) is 1. The molecule has 0 unspecified atom stereocenters. The molecular formula is C20H21N3OS. The van der Waals surface area contributed by atoms with Crippen LogP contribution in [0.1, 0.15) is 35.7 Å². The van der Waals surface area contributed by atoms with Crippen LogP contribution in [0, 0.1) is 0 Å². The summed E-state index contributed by atoms with van der Waals surface area (Å²) in [7, 11) is 0. The van der Waals surface area contributed by atoms with Crippen molar-refractivity contribution >= 4 is 17.2 Å². The maximum absolute atomic E-state index is 12.8. The summed E-state index contributed by atoms with van der Waals surface area (Å²) in [6.07, 6.45) is 5.64. The van der Waals surface area contributed by atoms with Gasteiger partial charge in [0.25, 0.3) is 5.91 Å². The zero-order valence-electron chi connectivity index (χ0n) is 14.2. The van der Waals surface area contributed by atoms with Crippen LogP contribution in [0.4, 0.5) is 0 Å². The average Bonchev–Trinajstić information content (AvgIpc) is 3.34. The maximum atomic E-state index is 12.8. The Kier molecular flexibility index (Phi) is 4.17. The fourth-order valence-corrected chi connectivity index (χ4v) is 4.37. The number of aromatic amines is 1. The highest BCUT2D eigenvalue weighted by Gasteiger charge is 2.33. The summed E-state index contributed by atoms with van der Waals surface area (Å²) in [4.78, 5) is 15.9. The third-order valence-corrected chi connectivity index (χ3v) is 6.23. The fraction of sp³-hybridized carbons (Fsp3) is 0.300. The Morgan fingerprint density at radius 1 is 1.24 bits per heavy atom. The Hall–Kier alpha value is -2.40. The Morgan fingerprint density at radius 3 is 2.68 bits per heavy atom. The minimum Gasteiger partial charge on any atom is -0.339 e. The molecule has 1 aliphatic heterocycles. The van der Waals surface area contributed by atoms with Gasteiger partial charge in [0, 0.05) is 35.1 Å². The van der Waals surface area contributed by atoms with Crippen molar-refractivity contribution in [1.29, 1.82) is 0 Å². The van der Waals surface area contributed by atoms with Gasteiger partial charge in [-0.2, -0.15) is 5.10 Å². The van der Waals surface area contributed by atoms with Crippen LogP contribution in [0.5, 0.6) is 0 Å². The molecule has 5 heteroatoms. The number of nitrogens with zero attached hydrogens (tertiary/aromatic N) is 2. The Morgan fingerprint density at radius 2 is 2.00 bits per heavy atom. The van der Waals surface area contributed by atoms with E-state index in [1.807, 2.05) is 22.5 Å². The zero-order chi connectivity index (χ0) is 17.3. The molecule has 1 aromatic carbocycles. The van der Waals surface area contributed by atoms with Crippen LogP contribution in [-0.4, -0.2) is 34.1 Å². The summed E-state index contributed by atoms with van der Waals surface area (Å²) in [5, 5.41) is 8.74. The molecule has 4 nitrogen and oxygen atoms in total. The van der Waals surface area contributed by atoms with Gasteiger partial charge in [-0.15, -0.1) is 11.3 Å². The van der Waals surface area contributed by atoms with Crippen molar-refractivity contribution in [2.45, 2.75) is 25.2 Å². The number of likely N-dealkylation sites (tertiary alicyclic amines) is 1. The smallest absolute Gasteiger partial charge is 0.254 e. The van der Waals surface area contributed by atoms with Gasteiger partial charge in [-0.05, 0) is 29.9 Å². The molecule has 128 valence electrons. The molecule has 0 radical (unpaired) electrons. The van der Waals surface area contributed by atoms with E-state index in [1.165, 1.54) is 5.56 Å². The number of amides is 1. The van der Waals surface area contributed by atoms with Gasteiger partial charge in [-0.25, -0.2) is 0 Å². The predicted octanol–water partition coefficient (Wildman–Crippen LogP) is 4.33. The molecule has 1 saturated heterocycles. The topological polar surface area (TPSA) is 49.0 Å². The van der Waals surface area contributed by atoms with Crippen LogP contribution >= 0.6 is 11.3 Å². The summed E-state index contributed by atoms with van der Waals surface area (Å²) in [6.45, 7) is 3.92. The minimum atomic E-state index is 0.140. The molecule has 1 N–H and O–H groups in total. The SMILES string of the molecule is CC1(c2ccccc2)CCN(C(=O)c2csc(-c3cn[nH]c3)c2)CC1. The molecule has 0 aliphatic carbocycles. The standard InChI is InChI=1S/C20H21N3OS/c1-20(17-5-3-2-4-6-17)7-9-23(10-8-20)19(24)15-11-18(25-14-15)16-12-21-22-13-16/h2-6,11-14H,7-10H2,1H3,(H,21,22). The van der Waals surface area contributed by atoms with E-state index in [2.05, 4.69) is 47.5 Å². The summed E-state index contributed by atoms with van der Waals surface area (Å²) >= 11 is 1.59. The first-order valence-corrected chi connectivity index (χ1v) is 9.46. The number of carbonyl (C=O) groups excluding carboxylic acids is 1. The van der Waals surface area contributed by atoms with E-state index in [-0.39, 0.29) is 11.3 Å². The molecule has 0 atom stereocenters. The van der Waals surface area contributed by atoms with Crippen molar-refractivity contribution in [3.8, 4) is 10.4 Å². The lowest BCUT2D eigenvalue weighted by atomic mass is 9.74. The second-order valence-corrected chi connectivity index (χ2v) is 7.82. The second-order valence-electron chi connectivity index (χ2n) is 6.91. The van der Waals surface area contributed by atoms with Crippen LogP contribution < -0.4 is 0 Å². The molecule has 1 fully saturated rings. The Bertz CT molecular complexity index is 846. The van der Waals surface area contributed by atoms with Gasteiger partial charge in [0.05, 0.1) is 11.8 Å². The molecule has 4 rings (SSSR count). The summed E-state index contributed by atoms with van der Waals surface area (Å²) in [6, 6.07) is 12.6. The average molecular weight is 351 g/mol. The number of carbonyl (C=O) groups is 1. The maximum Gasteiger partial charge on any atom is 0.254 e. The summed E-state index contributed by atoms with van der Waals surface area (Å²) in [5.41, 5.74) is 3.35. The lowest BCUT2D eigenvalue weighted by Crippen LogP contribution is -2.43. The molecule has 3 heterocycles. The van der Waals surface area contributed by atoms with E-state index < -0.39 is 0 Å². The van der Waals surface area contributed by atoms with Crippen LogP contribution in [0.3, 0.4) is 0 Å². The third kappa shape index (κ3) is 3.12. The quantitative estimate of drug-likeness (QED) is 0.763. The van der Waals surface area contributed by atoms with Crippen molar-refractivity contribution in [1.82, 2.24) is 15.1 Å². The van der Waals surface area contributed by atoms with E-state index in [0.717, 1.165) is 41.9 Å². The molecule has 2 aromatic heterocycles. The van der Waals surface area contributed by atoms with Crippen LogP contribution in [0.15, 0.2) is 54.2 Å². The molecule has 1 amide bonds. The second kappa shape index (κ2) is 6.48. The Labute approximate surface area is 151 Å². The first-order chi connectivity index (χ1) is 12.2. The number of piperidine rings is 1. The first-order valence-electron chi connectivity index (χ1n) is 8.58. The molecule has 3 aromatic rings. The highest BCUT2D eigenvalue weighted by molar-refractivity contribution is 7.13. The van der Waals surface area contributed by atoms with Gasteiger partial charge in [0.15, 0.2) is 0 Å². The number of hydrogen-bond acceptors (Lipinski definition) is 3. The van der Waals surface area contributed by atoms with E-state index in [4.69, 9.17) is 0 Å². The normalized spacial score (nSPS) is 16.8. The lowest BCUT2D eigenvalue weighted by molar-refractivity contribution is 0.0676. The Balaban J connectivity index is 1.45. The number of hydrogen-bond donors (Lipinski definition) is 1. The summed E-state index contributed by atoms with van der Waals surface area (Å²) < 4.78 is 0. The van der Waals surface area contributed by atoms with Crippen molar-refractivity contribution in [2.75, 3.05) is 13.1 Å². The van der Waals surface area contributed by atoms with Gasteiger partial charge in [0.1, 0.15) is 0 Å². The number of thiophene rings is 1. The molecule has 25 heavy (non-hydrogen) atoms. The van der Waals surface area contributed by atoms with Crippen molar-refractivity contribution in [3.05, 3.63) is 65.3 Å². The highest BCUT2D eigenvalue weighted by Crippen LogP contribution is 2.35. The molecule has 0 spiro atoms. The number of H-pyrrole nitrogens is 1. The van der Waals surface area contributed by atoms with Crippen molar-refractivity contribution < 1.29 is 4.79 Å². The minimum absolute atomic E-state index is 0.140. The van der Waals surface area contributed by atoms with Crippen molar-refractivity contribution in [3.63, 3.8) is 0 Å². The molecule has 0 saturated carbocycles. The van der Waals surface area contributed by atoms with E-state index >= 15 is 0 Å². The predicted molar refractivity (Wildman–Crippen MR) is 101 cm³/mol. The summed E-state index contributed by atoms with van der Waals surface area (Å²) in [5.74, 6) is 0.140. The van der Waals surface area contributed by atoms with Crippen LogP contribution in [0.25, 0.3) is 10.4 Å². The van der Waals surface area contributed by atoms with Gasteiger partial charge < -0.3 is 4.90 Å². The third-order valence-electron chi connectivity index (χ3n) is 5.25. The number of benzene rings is 1. The van der Waals surface area contributed by atoms with E-state index in [0.29, 0.717) is 0 Å². The van der Waals surface area contributed by atoms with Crippen LogP contribution in [0.2, 0.25) is 0 Å². The van der Waals surface area contributed by atoms with Gasteiger partial charge in [-0.3, -0.25) is 9.89 Å². The fourth-order valence-electron chi connectivity index (χ4n) is 3.50. The van der Waals surface area contributed by atoms with Crippen molar-refractivity contribution in [2.24, 2.45) is 0 Å². The van der Waals surface area contributed by atoms with Gasteiger partial charge in [-0.1, -0.05) is 37.3 Å². The number of rotatable bonds is 3. The molecule has 0 bridgehead atoms. The van der Waals surface area contributed by atoms with Crippen LogP contribution in [-0.2, 0) is 5.41 Å². The monoisotopic (exact) mass is 351 g/mol. The van der Waals surface area contributed by atoms with E-state index in [9.17, 15) is 4.79 Å². The van der Waals surface area contributed by atoms with Gasteiger partial charge >= 0.3 is 0 Å². The van der Waals surface area contributed by atoms with E-state index in [1.54, 1.807) is 17.5 Å². The molecular weight excluding hydrogens is 330 g/mol. The largest absolute Gasteiger partial charge is 0.339 e. The first kappa shape index (κ1) is 16.1. The number of aromatic nitrogens is 2. The lowest BCUT2D eigenvalue weighted by Gasteiger charge is -2.39. The molecule has 1 aliphatic rings. The van der Waals surface area contributed by atoms with Gasteiger partial charge in [0.2, 0.25) is 0 Å². The zero-order valence-corrected chi connectivity index (χ0v) is 15.1. The highest BCUT2D eigenvalue weighted by atomic mass is 32.1.